The van der Waals surface area contributed by atoms with E-state index in [1.807, 2.05) is 62.4 Å². The topological polar surface area (TPSA) is 84.7 Å². The minimum Gasteiger partial charge on any atom is -0.462 e. The third-order valence-electron chi connectivity index (χ3n) is 7.78. The summed E-state index contributed by atoms with van der Waals surface area (Å²) >= 11 is 0. The predicted octanol–water partition coefficient (Wildman–Crippen LogP) is 5.78. The van der Waals surface area contributed by atoms with Crippen LogP contribution in [0.2, 0.25) is 0 Å². The maximum Gasteiger partial charge on any atom is 0.343 e. The molecule has 204 valence electrons. The fraction of sp³-hybridized carbons (Fsp3) is 0.419. The molecule has 8 heteroatoms. The van der Waals surface area contributed by atoms with Crippen molar-refractivity contribution in [1.29, 1.82) is 0 Å². The Hall–Kier alpha value is -3.94. The summed E-state index contributed by atoms with van der Waals surface area (Å²) in [7, 11) is 0. The molecule has 0 atom stereocenters. The Morgan fingerprint density at radius 1 is 1.03 bits per heavy atom. The molecule has 2 aliphatic rings. The number of rotatable bonds is 7. The van der Waals surface area contributed by atoms with Gasteiger partial charge in [-0.05, 0) is 88.3 Å². The number of carbonyl (C=O) groups excluding carboxylic acids is 3. The Labute approximate surface area is 229 Å². The molecular formula is C31H36N4O4. The van der Waals surface area contributed by atoms with Crippen LogP contribution in [0.3, 0.4) is 0 Å². The van der Waals surface area contributed by atoms with Crippen LogP contribution in [0.1, 0.15) is 79.7 Å². The van der Waals surface area contributed by atoms with E-state index in [2.05, 4.69) is 6.92 Å². The molecule has 0 spiro atoms. The average Bonchev–Trinajstić information content (AvgIpc) is 3.51. The lowest BCUT2D eigenvalue weighted by Crippen LogP contribution is -2.43. The number of esters is 1. The predicted molar refractivity (Wildman–Crippen MR) is 150 cm³/mol. The molecule has 0 radical (unpaired) electrons. The normalized spacial score (nSPS) is 18.8. The first-order valence-corrected chi connectivity index (χ1v) is 13.9. The lowest BCUT2D eigenvalue weighted by Gasteiger charge is -2.32. The Morgan fingerprint density at radius 3 is 2.33 bits per heavy atom. The van der Waals surface area contributed by atoms with Crippen LogP contribution in [0.15, 0.2) is 54.7 Å². The summed E-state index contributed by atoms with van der Waals surface area (Å²) in [4.78, 5) is 43.0. The number of anilines is 2. The second-order valence-corrected chi connectivity index (χ2v) is 10.9. The molecule has 2 heterocycles. The molecule has 8 nitrogen and oxygen atoms in total. The summed E-state index contributed by atoms with van der Waals surface area (Å²) in [6, 6.07) is 14.9. The largest absolute Gasteiger partial charge is 0.462 e. The number of fused-ring (bicyclic) bond motifs is 1. The second-order valence-electron chi connectivity index (χ2n) is 10.9. The fourth-order valence-electron chi connectivity index (χ4n) is 5.58. The van der Waals surface area contributed by atoms with Crippen LogP contribution < -0.4 is 9.80 Å². The summed E-state index contributed by atoms with van der Waals surface area (Å²) in [5.74, 6) is 0.351. The molecule has 1 fully saturated rings. The molecule has 0 unspecified atom stereocenters. The van der Waals surface area contributed by atoms with Crippen LogP contribution in [0, 0.1) is 11.8 Å². The molecule has 2 amide bonds. The maximum atomic E-state index is 13.7. The van der Waals surface area contributed by atoms with Crippen molar-refractivity contribution in [3.05, 3.63) is 71.4 Å². The standard InChI is InChI=1S/C31H36N4O4/c1-5-39-31(38)27-19-34(32-28(27)35(20(2)3)29(36)22-12-10-21(4)11-13-22)25-16-14-24(15-17-25)33-18-23-8-6-7-9-26(23)30(33)37/h6-9,14-17,19-22H,5,10-13,18H2,1-4H3/t21-,22-. The average molecular weight is 529 g/mol. The van der Waals surface area contributed by atoms with Gasteiger partial charge in [0, 0.05) is 29.4 Å². The first-order valence-electron chi connectivity index (χ1n) is 13.9. The van der Waals surface area contributed by atoms with E-state index in [-0.39, 0.29) is 35.9 Å². The molecule has 2 aromatic carbocycles. The number of benzene rings is 2. The highest BCUT2D eigenvalue weighted by Crippen LogP contribution is 2.33. The van der Waals surface area contributed by atoms with Crippen molar-refractivity contribution >= 4 is 29.3 Å². The van der Waals surface area contributed by atoms with E-state index in [0.29, 0.717) is 24.0 Å². The molecule has 1 aromatic heterocycles. The van der Waals surface area contributed by atoms with Crippen LogP contribution in [0.4, 0.5) is 11.5 Å². The van der Waals surface area contributed by atoms with Gasteiger partial charge in [0.05, 0.1) is 18.8 Å². The molecule has 0 bridgehead atoms. The van der Waals surface area contributed by atoms with E-state index in [1.54, 1.807) is 27.6 Å². The number of amides is 2. The van der Waals surface area contributed by atoms with E-state index in [1.165, 1.54) is 0 Å². The van der Waals surface area contributed by atoms with E-state index in [0.717, 1.165) is 42.5 Å². The van der Waals surface area contributed by atoms with E-state index >= 15 is 0 Å². The minimum absolute atomic E-state index is 0.00941. The Kier molecular flexibility index (Phi) is 7.55. The Bertz CT molecular complexity index is 1370. The van der Waals surface area contributed by atoms with Gasteiger partial charge in [-0.3, -0.25) is 14.5 Å². The van der Waals surface area contributed by atoms with Crippen LogP contribution >= 0.6 is 0 Å². The van der Waals surface area contributed by atoms with Gasteiger partial charge in [-0.25, -0.2) is 9.48 Å². The molecule has 1 aliphatic carbocycles. The van der Waals surface area contributed by atoms with E-state index in [9.17, 15) is 14.4 Å². The maximum absolute atomic E-state index is 13.7. The monoisotopic (exact) mass is 528 g/mol. The van der Waals surface area contributed by atoms with Gasteiger partial charge in [-0.2, -0.15) is 0 Å². The SMILES string of the molecule is CCOC(=O)c1cn(-c2ccc(N3Cc4ccccc4C3=O)cc2)nc1N(C(=O)[C@H]1CC[C@H](C)CC1)C(C)C. The van der Waals surface area contributed by atoms with Gasteiger partial charge < -0.3 is 9.64 Å². The van der Waals surface area contributed by atoms with E-state index in [4.69, 9.17) is 9.84 Å². The lowest BCUT2D eigenvalue weighted by atomic mass is 9.82. The van der Waals surface area contributed by atoms with Crippen LogP contribution in [-0.2, 0) is 16.1 Å². The van der Waals surface area contributed by atoms with Gasteiger partial charge in [0.1, 0.15) is 5.56 Å². The summed E-state index contributed by atoms with van der Waals surface area (Å²) in [5, 5.41) is 4.75. The highest BCUT2D eigenvalue weighted by molar-refractivity contribution is 6.10. The second kappa shape index (κ2) is 11.0. The first-order chi connectivity index (χ1) is 18.8. The smallest absolute Gasteiger partial charge is 0.343 e. The van der Waals surface area contributed by atoms with Gasteiger partial charge in [-0.1, -0.05) is 25.1 Å². The Balaban J connectivity index is 1.45. The van der Waals surface area contributed by atoms with Gasteiger partial charge in [0.15, 0.2) is 5.82 Å². The van der Waals surface area contributed by atoms with Crippen molar-refractivity contribution < 1.29 is 19.1 Å². The molecule has 39 heavy (non-hydrogen) atoms. The van der Waals surface area contributed by atoms with Gasteiger partial charge >= 0.3 is 5.97 Å². The third-order valence-corrected chi connectivity index (χ3v) is 7.78. The van der Waals surface area contributed by atoms with Crippen molar-refractivity contribution in [2.75, 3.05) is 16.4 Å². The molecular weight excluding hydrogens is 492 g/mol. The zero-order chi connectivity index (χ0) is 27.7. The number of hydrogen-bond acceptors (Lipinski definition) is 5. The fourth-order valence-corrected chi connectivity index (χ4v) is 5.58. The molecule has 3 aromatic rings. The molecule has 5 rings (SSSR count). The molecule has 1 saturated carbocycles. The summed E-state index contributed by atoms with van der Waals surface area (Å²) < 4.78 is 6.95. The number of ether oxygens (including phenoxy) is 1. The van der Waals surface area contributed by atoms with Gasteiger partial charge in [0.25, 0.3) is 5.91 Å². The first kappa shape index (κ1) is 26.7. The van der Waals surface area contributed by atoms with Crippen molar-refractivity contribution in [3.8, 4) is 5.69 Å². The van der Waals surface area contributed by atoms with Crippen LogP contribution in [-0.4, -0.2) is 40.2 Å². The van der Waals surface area contributed by atoms with E-state index < -0.39 is 5.97 Å². The number of aromatic nitrogens is 2. The zero-order valence-corrected chi connectivity index (χ0v) is 23.1. The summed E-state index contributed by atoms with van der Waals surface area (Å²) in [5.41, 5.74) is 3.49. The minimum atomic E-state index is -0.508. The summed E-state index contributed by atoms with van der Waals surface area (Å²) in [6.45, 7) is 8.62. The zero-order valence-electron chi connectivity index (χ0n) is 23.1. The lowest BCUT2D eigenvalue weighted by molar-refractivity contribution is -0.124. The van der Waals surface area contributed by atoms with Gasteiger partial charge in [0.2, 0.25) is 5.91 Å². The van der Waals surface area contributed by atoms with Gasteiger partial charge in [-0.15, -0.1) is 5.10 Å². The van der Waals surface area contributed by atoms with Crippen LogP contribution in [0.25, 0.3) is 5.69 Å². The highest BCUT2D eigenvalue weighted by Gasteiger charge is 2.35. The van der Waals surface area contributed by atoms with Crippen molar-refractivity contribution in [2.24, 2.45) is 11.8 Å². The van der Waals surface area contributed by atoms with Crippen LogP contribution in [0.5, 0.6) is 0 Å². The molecule has 1 aliphatic heterocycles. The van der Waals surface area contributed by atoms with Crippen molar-refractivity contribution in [1.82, 2.24) is 9.78 Å². The number of carbonyl (C=O) groups is 3. The van der Waals surface area contributed by atoms with Crippen molar-refractivity contribution in [3.63, 3.8) is 0 Å². The third kappa shape index (κ3) is 5.20. The van der Waals surface area contributed by atoms with Crippen molar-refractivity contribution in [2.45, 2.75) is 66.0 Å². The number of nitrogens with zero attached hydrogens (tertiary/aromatic N) is 4. The Morgan fingerprint density at radius 2 is 1.69 bits per heavy atom. The summed E-state index contributed by atoms with van der Waals surface area (Å²) in [6.07, 6.45) is 5.38. The quantitative estimate of drug-likeness (QED) is 0.363. The molecule has 0 N–H and O–H groups in total. The number of hydrogen-bond donors (Lipinski definition) is 0. The highest BCUT2D eigenvalue weighted by atomic mass is 16.5. The molecule has 0 saturated heterocycles.